The van der Waals surface area contributed by atoms with E-state index in [0.717, 1.165) is 6.42 Å². The Labute approximate surface area is 214 Å². The Kier molecular flexibility index (Phi) is 5.78. The topological polar surface area (TPSA) is 82.1 Å². The minimum Gasteiger partial charge on any atom is -0.464 e. The number of thioether (sulfide) groups is 1. The number of ketones is 1. The smallest absolute Gasteiger partial charge is 0.307 e. The van der Waals surface area contributed by atoms with Gasteiger partial charge < -0.3 is 19.3 Å². The van der Waals surface area contributed by atoms with Gasteiger partial charge in [0.25, 0.3) is 0 Å². The van der Waals surface area contributed by atoms with Crippen LogP contribution in [-0.2, 0) is 23.8 Å². The Hall–Kier alpha value is -1.03. The second-order valence-corrected chi connectivity index (χ2v) is 13.7. The van der Waals surface area contributed by atoms with E-state index in [9.17, 15) is 14.7 Å². The number of fused-ring (bicyclic) bond motifs is 7. The lowest BCUT2D eigenvalue weighted by atomic mass is 9.44. The predicted octanol–water partition coefficient (Wildman–Crippen LogP) is 4.43. The fraction of sp³-hybridized carbons (Fsp3) is 0.852. The van der Waals surface area contributed by atoms with Crippen LogP contribution >= 0.6 is 11.8 Å². The number of hydrogen-bond acceptors (Lipinski definition) is 7. The van der Waals surface area contributed by atoms with E-state index in [0.29, 0.717) is 12.8 Å². The van der Waals surface area contributed by atoms with Crippen molar-refractivity contribution >= 4 is 23.5 Å². The van der Waals surface area contributed by atoms with Gasteiger partial charge >= 0.3 is 5.97 Å². The lowest BCUT2D eigenvalue weighted by Crippen LogP contribution is -2.70. The van der Waals surface area contributed by atoms with Crippen LogP contribution in [0.2, 0.25) is 0 Å². The quantitative estimate of drug-likeness (QED) is 0.543. The van der Waals surface area contributed by atoms with E-state index in [1.54, 1.807) is 6.92 Å². The summed E-state index contributed by atoms with van der Waals surface area (Å²) < 4.78 is 51.6. The number of hydrogen-bond donors (Lipinski definition) is 1. The molecule has 2 saturated heterocycles. The molecule has 0 unspecified atom stereocenters. The summed E-state index contributed by atoms with van der Waals surface area (Å²) in [6.45, 7) is 6.07. The van der Waals surface area contributed by atoms with Gasteiger partial charge in [-0.25, -0.2) is 8.78 Å². The molecule has 36 heavy (non-hydrogen) atoms. The van der Waals surface area contributed by atoms with Crippen LogP contribution in [0, 0.1) is 22.7 Å². The average Bonchev–Trinajstić information content (AvgIpc) is 3.44. The SMILES string of the molecule is CCC[C@@H]1O[C@@H]2C[C@H]3[C@@H]4C[C@H](F)C5=CC(=O)CC[C@]5(C)[C@@]4(F)[C@@H](O)C[C@]3(C)[C@]2(S[C@H]2COC(=O)C2)O1. The van der Waals surface area contributed by atoms with Gasteiger partial charge in [0.15, 0.2) is 12.1 Å². The number of carbonyl (C=O) groups excluding carboxylic acids is 2. The van der Waals surface area contributed by atoms with Gasteiger partial charge in [0.2, 0.25) is 0 Å². The third kappa shape index (κ3) is 3.12. The van der Waals surface area contributed by atoms with E-state index in [1.165, 1.54) is 17.8 Å². The third-order valence-electron chi connectivity index (χ3n) is 10.4. The molecule has 0 aromatic rings. The maximum atomic E-state index is 17.5. The first-order chi connectivity index (χ1) is 17.0. The monoisotopic (exact) mass is 526 g/mol. The zero-order valence-electron chi connectivity index (χ0n) is 21.1. The number of aliphatic hydroxyl groups excluding tert-OH is 1. The summed E-state index contributed by atoms with van der Waals surface area (Å²) in [5.41, 5.74) is -3.77. The lowest BCUT2D eigenvalue weighted by molar-refractivity contribution is -0.232. The van der Waals surface area contributed by atoms with Crippen molar-refractivity contribution in [2.24, 2.45) is 22.7 Å². The highest BCUT2D eigenvalue weighted by Gasteiger charge is 2.79. The van der Waals surface area contributed by atoms with Crippen molar-refractivity contribution in [1.82, 2.24) is 0 Å². The Morgan fingerprint density at radius 2 is 2.00 bits per heavy atom. The Morgan fingerprint density at radius 3 is 2.69 bits per heavy atom. The van der Waals surface area contributed by atoms with Crippen molar-refractivity contribution in [3.8, 4) is 0 Å². The van der Waals surface area contributed by atoms with E-state index in [2.05, 4.69) is 6.92 Å². The van der Waals surface area contributed by atoms with Gasteiger partial charge in [-0.2, -0.15) is 0 Å². The first kappa shape index (κ1) is 25.3. The van der Waals surface area contributed by atoms with Crippen molar-refractivity contribution in [2.45, 2.75) is 113 Å². The standard InChI is InChI=1S/C27H36F2O6S/c1-4-5-23-34-21-11-16-17-10-19(28)18-8-14(30)6-7-24(18,2)26(17,29)20(31)12-25(16,3)27(21,35-23)36-15-9-22(32)33-13-15/h8,15-17,19-21,23,31H,4-7,9-13H2,1-3H3/t15-,16+,17+,19+,20+,21-,23-,24+,25+,26+,27+/m1/s1. The van der Waals surface area contributed by atoms with E-state index in [4.69, 9.17) is 14.2 Å². The number of allylic oxidation sites excluding steroid dienone is 1. The molecule has 5 fully saturated rings. The minimum absolute atomic E-state index is 0.0700. The second kappa shape index (κ2) is 8.23. The summed E-state index contributed by atoms with van der Waals surface area (Å²) in [4.78, 5) is 23.1. The Balaban J connectivity index is 1.41. The number of ether oxygens (including phenoxy) is 3. The van der Waals surface area contributed by atoms with Crippen LogP contribution in [0.4, 0.5) is 8.78 Å². The first-order valence-corrected chi connectivity index (χ1v) is 14.3. The molecule has 11 atom stereocenters. The zero-order chi connectivity index (χ0) is 25.7. The fourth-order valence-electron chi connectivity index (χ4n) is 8.67. The fourth-order valence-corrected chi connectivity index (χ4v) is 10.5. The van der Waals surface area contributed by atoms with Gasteiger partial charge in [0.1, 0.15) is 29.5 Å². The molecule has 2 aliphatic heterocycles. The van der Waals surface area contributed by atoms with Crippen LogP contribution in [0.5, 0.6) is 0 Å². The molecule has 6 rings (SSSR count). The summed E-state index contributed by atoms with van der Waals surface area (Å²) in [5.74, 6) is -1.44. The Bertz CT molecular complexity index is 1010. The van der Waals surface area contributed by atoms with Crippen molar-refractivity contribution in [2.75, 3.05) is 6.61 Å². The van der Waals surface area contributed by atoms with Crippen LogP contribution in [0.1, 0.15) is 72.1 Å². The number of carbonyl (C=O) groups is 2. The predicted molar refractivity (Wildman–Crippen MR) is 128 cm³/mol. The summed E-state index contributed by atoms with van der Waals surface area (Å²) in [6, 6.07) is 0. The van der Waals surface area contributed by atoms with Gasteiger partial charge in [-0.05, 0) is 49.7 Å². The van der Waals surface area contributed by atoms with Crippen molar-refractivity contribution < 1.29 is 37.7 Å². The second-order valence-electron chi connectivity index (χ2n) is 12.2. The normalized spacial score (nSPS) is 53.8. The van der Waals surface area contributed by atoms with Crippen LogP contribution in [0.25, 0.3) is 0 Å². The Morgan fingerprint density at radius 1 is 1.22 bits per heavy atom. The van der Waals surface area contributed by atoms with E-state index in [1.807, 2.05) is 6.92 Å². The largest absolute Gasteiger partial charge is 0.464 e. The lowest BCUT2D eigenvalue weighted by Gasteiger charge is -2.64. The number of esters is 1. The summed E-state index contributed by atoms with van der Waals surface area (Å²) in [6.07, 6.45) is 0.559. The molecule has 0 bridgehead atoms. The van der Waals surface area contributed by atoms with Gasteiger partial charge in [-0.3, -0.25) is 9.59 Å². The maximum Gasteiger partial charge on any atom is 0.307 e. The van der Waals surface area contributed by atoms with Crippen molar-refractivity contribution in [1.29, 1.82) is 0 Å². The molecule has 2 heterocycles. The molecule has 200 valence electrons. The number of alkyl halides is 2. The van der Waals surface area contributed by atoms with Crippen LogP contribution in [0.3, 0.4) is 0 Å². The number of halogens is 2. The number of cyclic esters (lactones) is 1. The highest BCUT2D eigenvalue weighted by atomic mass is 32.2. The molecule has 0 radical (unpaired) electrons. The molecule has 9 heteroatoms. The molecule has 4 aliphatic carbocycles. The molecular weight excluding hydrogens is 490 g/mol. The summed E-state index contributed by atoms with van der Waals surface area (Å²) >= 11 is 1.54. The van der Waals surface area contributed by atoms with Crippen molar-refractivity contribution in [3.63, 3.8) is 0 Å². The highest BCUT2D eigenvalue weighted by Crippen LogP contribution is 2.74. The summed E-state index contributed by atoms with van der Waals surface area (Å²) in [7, 11) is 0. The van der Waals surface area contributed by atoms with Crippen LogP contribution in [-0.4, -0.2) is 64.0 Å². The van der Waals surface area contributed by atoms with Crippen molar-refractivity contribution in [3.05, 3.63) is 11.6 Å². The first-order valence-electron chi connectivity index (χ1n) is 13.4. The molecule has 6 aliphatic rings. The molecule has 3 saturated carbocycles. The molecule has 0 aromatic carbocycles. The van der Waals surface area contributed by atoms with Crippen LogP contribution < -0.4 is 0 Å². The molecule has 1 N–H and O–H groups in total. The zero-order valence-corrected chi connectivity index (χ0v) is 22.0. The van der Waals surface area contributed by atoms with Gasteiger partial charge in [0, 0.05) is 23.2 Å². The maximum absolute atomic E-state index is 17.5. The van der Waals surface area contributed by atoms with Crippen LogP contribution in [0.15, 0.2) is 11.6 Å². The molecule has 6 nitrogen and oxygen atoms in total. The van der Waals surface area contributed by atoms with E-state index < -0.39 is 45.9 Å². The molecular formula is C27H36F2O6S. The van der Waals surface area contributed by atoms with Gasteiger partial charge in [-0.15, -0.1) is 11.8 Å². The third-order valence-corrected chi connectivity index (χ3v) is 12.2. The van der Waals surface area contributed by atoms with E-state index in [-0.39, 0.29) is 73.3 Å². The number of aliphatic hydroxyl groups is 1. The molecule has 0 spiro atoms. The minimum atomic E-state index is -2.05. The van der Waals surface area contributed by atoms with E-state index >= 15 is 8.78 Å². The average molecular weight is 527 g/mol. The van der Waals surface area contributed by atoms with Gasteiger partial charge in [-0.1, -0.05) is 27.2 Å². The van der Waals surface area contributed by atoms with Gasteiger partial charge in [0.05, 0.1) is 17.8 Å². The highest BCUT2D eigenvalue weighted by molar-refractivity contribution is 8.01. The number of rotatable bonds is 4. The molecule has 0 amide bonds. The summed E-state index contributed by atoms with van der Waals surface area (Å²) in [5, 5.41) is 11.5. The molecule has 0 aromatic heterocycles.